The van der Waals surface area contributed by atoms with Crippen molar-refractivity contribution >= 4 is 22.4 Å². The van der Waals surface area contributed by atoms with Crippen molar-refractivity contribution in [3.8, 4) is 0 Å². The Kier molecular flexibility index (Phi) is 2.41. The molecule has 1 fully saturated rings. The van der Waals surface area contributed by atoms with Gasteiger partial charge in [0.05, 0.1) is 5.69 Å². The number of rotatable bonds is 4. The van der Waals surface area contributed by atoms with Crippen LogP contribution in [0, 0.1) is 6.92 Å². The maximum atomic E-state index is 10.7. The second-order valence-corrected chi connectivity index (χ2v) is 4.36. The van der Waals surface area contributed by atoms with E-state index >= 15 is 0 Å². The normalized spacial score (nSPS) is 15.5. The SMILES string of the molecule is Cc1csc(N(CC(=O)O)C2CC2)n1. The first-order valence-electron chi connectivity index (χ1n) is 4.57. The summed E-state index contributed by atoms with van der Waals surface area (Å²) in [6.07, 6.45) is 2.18. The lowest BCUT2D eigenvalue weighted by molar-refractivity contribution is -0.135. The molecule has 76 valence electrons. The summed E-state index contributed by atoms with van der Waals surface area (Å²) in [4.78, 5) is 16.9. The Morgan fingerprint density at radius 3 is 2.93 bits per heavy atom. The number of anilines is 1. The van der Waals surface area contributed by atoms with Crippen molar-refractivity contribution < 1.29 is 9.90 Å². The molecule has 0 unspecified atom stereocenters. The van der Waals surface area contributed by atoms with Gasteiger partial charge in [0.1, 0.15) is 6.54 Å². The fraction of sp³-hybridized carbons (Fsp3) is 0.556. The highest BCUT2D eigenvalue weighted by atomic mass is 32.1. The molecular weight excluding hydrogens is 200 g/mol. The van der Waals surface area contributed by atoms with E-state index in [1.54, 1.807) is 0 Å². The van der Waals surface area contributed by atoms with Crippen LogP contribution in [0.1, 0.15) is 18.5 Å². The van der Waals surface area contributed by atoms with Crippen LogP contribution >= 0.6 is 11.3 Å². The van der Waals surface area contributed by atoms with E-state index in [9.17, 15) is 4.79 Å². The van der Waals surface area contributed by atoms with Gasteiger partial charge in [-0.25, -0.2) is 4.98 Å². The molecule has 5 heteroatoms. The van der Waals surface area contributed by atoms with Gasteiger partial charge in [0.25, 0.3) is 0 Å². The van der Waals surface area contributed by atoms with Gasteiger partial charge in [0.2, 0.25) is 0 Å². The van der Waals surface area contributed by atoms with Crippen molar-refractivity contribution in [3.63, 3.8) is 0 Å². The summed E-state index contributed by atoms with van der Waals surface area (Å²) in [6, 6.07) is 0.400. The van der Waals surface area contributed by atoms with Crippen LogP contribution in [0.4, 0.5) is 5.13 Å². The predicted molar refractivity (Wildman–Crippen MR) is 54.9 cm³/mol. The fourth-order valence-electron chi connectivity index (χ4n) is 1.36. The molecule has 0 spiro atoms. The second-order valence-electron chi connectivity index (χ2n) is 3.52. The van der Waals surface area contributed by atoms with E-state index in [-0.39, 0.29) is 6.54 Å². The van der Waals surface area contributed by atoms with Crippen molar-refractivity contribution in [2.45, 2.75) is 25.8 Å². The van der Waals surface area contributed by atoms with E-state index in [1.807, 2.05) is 17.2 Å². The average Bonchev–Trinajstić information content (AvgIpc) is 2.85. The third-order valence-corrected chi connectivity index (χ3v) is 3.14. The summed E-state index contributed by atoms with van der Waals surface area (Å²) in [6.45, 7) is 1.99. The minimum Gasteiger partial charge on any atom is -0.480 e. The Labute approximate surface area is 86.2 Å². The van der Waals surface area contributed by atoms with Crippen molar-refractivity contribution in [3.05, 3.63) is 11.1 Å². The summed E-state index contributed by atoms with van der Waals surface area (Å²) < 4.78 is 0. The highest BCUT2D eigenvalue weighted by molar-refractivity contribution is 7.13. The Hall–Kier alpha value is -1.10. The molecule has 1 heterocycles. The van der Waals surface area contributed by atoms with Gasteiger partial charge in [-0.05, 0) is 19.8 Å². The van der Waals surface area contributed by atoms with E-state index in [0.29, 0.717) is 6.04 Å². The summed E-state index contributed by atoms with van der Waals surface area (Å²) in [5.41, 5.74) is 0.959. The van der Waals surface area contributed by atoms with Gasteiger partial charge in [0, 0.05) is 11.4 Å². The van der Waals surface area contributed by atoms with Gasteiger partial charge in [-0.1, -0.05) is 0 Å². The lowest BCUT2D eigenvalue weighted by Gasteiger charge is -2.18. The minimum atomic E-state index is -0.787. The Morgan fingerprint density at radius 2 is 2.50 bits per heavy atom. The van der Waals surface area contributed by atoms with Crippen LogP contribution < -0.4 is 4.90 Å². The van der Waals surface area contributed by atoms with Gasteiger partial charge in [-0.2, -0.15) is 0 Å². The zero-order valence-electron chi connectivity index (χ0n) is 7.93. The number of carboxylic acids is 1. The number of nitrogens with zero attached hydrogens (tertiary/aromatic N) is 2. The summed E-state index contributed by atoms with van der Waals surface area (Å²) in [7, 11) is 0. The first kappa shape index (κ1) is 9.45. The van der Waals surface area contributed by atoms with E-state index < -0.39 is 5.97 Å². The fourth-order valence-corrected chi connectivity index (χ4v) is 2.23. The zero-order chi connectivity index (χ0) is 10.1. The molecule has 0 atom stereocenters. The number of carbonyl (C=O) groups is 1. The molecular formula is C9H12N2O2S. The van der Waals surface area contributed by atoms with Gasteiger partial charge in [-0.3, -0.25) is 4.79 Å². The van der Waals surface area contributed by atoms with E-state index in [4.69, 9.17) is 5.11 Å². The third kappa shape index (κ3) is 2.04. The van der Waals surface area contributed by atoms with E-state index in [2.05, 4.69) is 4.98 Å². The second kappa shape index (κ2) is 3.57. The largest absolute Gasteiger partial charge is 0.480 e. The summed E-state index contributed by atoms with van der Waals surface area (Å²) >= 11 is 1.52. The first-order valence-corrected chi connectivity index (χ1v) is 5.45. The number of aliphatic carboxylic acids is 1. The van der Waals surface area contributed by atoms with Gasteiger partial charge < -0.3 is 10.0 Å². The molecule has 0 amide bonds. The number of carboxylic acid groups (broad SMARTS) is 1. The van der Waals surface area contributed by atoms with Crippen LogP contribution in [0.25, 0.3) is 0 Å². The summed E-state index contributed by atoms with van der Waals surface area (Å²) in [5.74, 6) is -0.787. The lowest BCUT2D eigenvalue weighted by atomic mass is 10.5. The van der Waals surface area contributed by atoms with Crippen LogP contribution in [0.5, 0.6) is 0 Å². The Morgan fingerprint density at radius 1 is 1.79 bits per heavy atom. The zero-order valence-corrected chi connectivity index (χ0v) is 8.75. The molecule has 4 nitrogen and oxygen atoms in total. The van der Waals surface area contributed by atoms with Crippen LogP contribution in [-0.4, -0.2) is 28.6 Å². The topological polar surface area (TPSA) is 53.4 Å². The summed E-state index contributed by atoms with van der Waals surface area (Å²) in [5, 5.41) is 11.6. The van der Waals surface area contributed by atoms with Crippen molar-refractivity contribution in [1.82, 2.24) is 4.98 Å². The highest BCUT2D eigenvalue weighted by Crippen LogP contribution is 2.32. The van der Waals surface area contributed by atoms with E-state index in [0.717, 1.165) is 23.7 Å². The van der Waals surface area contributed by atoms with Gasteiger partial charge in [-0.15, -0.1) is 11.3 Å². The maximum absolute atomic E-state index is 10.7. The van der Waals surface area contributed by atoms with Crippen LogP contribution in [0.2, 0.25) is 0 Å². The molecule has 1 aromatic heterocycles. The molecule has 1 saturated carbocycles. The van der Waals surface area contributed by atoms with Gasteiger partial charge >= 0.3 is 5.97 Å². The van der Waals surface area contributed by atoms with Crippen molar-refractivity contribution in [1.29, 1.82) is 0 Å². The molecule has 1 N–H and O–H groups in total. The van der Waals surface area contributed by atoms with Crippen LogP contribution in [0.15, 0.2) is 5.38 Å². The first-order chi connectivity index (χ1) is 6.66. The number of aryl methyl sites for hydroxylation is 1. The van der Waals surface area contributed by atoms with Crippen molar-refractivity contribution in [2.24, 2.45) is 0 Å². The van der Waals surface area contributed by atoms with Crippen LogP contribution in [0.3, 0.4) is 0 Å². The number of thiazole rings is 1. The molecule has 0 aliphatic heterocycles. The molecule has 1 aliphatic carbocycles. The monoisotopic (exact) mass is 212 g/mol. The standard InChI is InChI=1S/C9H12N2O2S/c1-6-5-14-9(10-6)11(4-8(12)13)7-2-3-7/h5,7H,2-4H2,1H3,(H,12,13). The number of hydrogen-bond donors (Lipinski definition) is 1. The molecule has 1 aliphatic rings. The number of aromatic nitrogens is 1. The van der Waals surface area contributed by atoms with E-state index in [1.165, 1.54) is 11.3 Å². The molecule has 1 aromatic rings. The number of hydrogen-bond acceptors (Lipinski definition) is 4. The third-order valence-electron chi connectivity index (χ3n) is 2.15. The quantitative estimate of drug-likeness (QED) is 0.821. The molecule has 0 saturated heterocycles. The predicted octanol–water partition coefficient (Wildman–Crippen LogP) is 1.50. The molecule has 0 radical (unpaired) electrons. The van der Waals surface area contributed by atoms with Crippen LogP contribution in [-0.2, 0) is 4.79 Å². The average molecular weight is 212 g/mol. The lowest BCUT2D eigenvalue weighted by Crippen LogP contribution is -2.31. The Balaban J connectivity index is 2.13. The molecule has 0 aromatic carbocycles. The smallest absolute Gasteiger partial charge is 0.323 e. The molecule has 0 bridgehead atoms. The van der Waals surface area contributed by atoms with Crippen molar-refractivity contribution in [2.75, 3.05) is 11.4 Å². The highest BCUT2D eigenvalue weighted by Gasteiger charge is 2.31. The Bertz CT molecular complexity index is 346. The van der Waals surface area contributed by atoms with Gasteiger partial charge in [0.15, 0.2) is 5.13 Å². The maximum Gasteiger partial charge on any atom is 0.323 e. The minimum absolute atomic E-state index is 0.0671. The molecule has 14 heavy (non-hydrogen) atoms. The molecule has 2 rings (SSSR count).